The van der Waals surface area contributed by atoms with E-state index in [9.17, 15) is 4.79 Å². The van der Waals surface area contributed by atoms with Crippen molar-refractivity contribution >= 4 is 43.5 Å². The largest absolute Gasteiger partial charge is 0.468 e. The predicted octanol–water partition coefficient (Wildman–Crippen LogP) is 2.80. The van der Waals surface area contributed by atoms with Crippen LogP contribution in [-0.4, -0.2) is 19.6 Å². The molecule has 14 heavy (non-hydrogen) atoms. The van der Waals surface area contributed by atoms with Crippen LogP contribution >= 0.6 is 31.9 Å². The van der Waals surface area contributed by atoms with Gasteiger partial charge in [0.2, 0.25) is 0 Å². The monoisotopic (exact) mass is 321 g/mol. The first-order chi connectivity index (χ1) is 6.63. The number of rotatable bonds is 3. The minimum Gasteiger partial charge on any atom is -0.468 e. The number of hydrogen-bond acceptors (Lipinski definition) is 3. The van der Waals surface area contributed by atoms with E-state index in [0.29, 0.717) is 0 Å². The lowest BCUT2D eigenvalue weighted by atomic mass is 10.3. The molecule has 0 atom stereocenters. The van der Waals surface area contributed by atoms with E-state index in [1.165, 1.54) is 7.11 Å². The van der Waals surface area contributed by atoms with Crippen molar-refractivity contribution in [3.8, 4) is 0 Å². The molecule has 1 aromatic carbocycles. The maximum atomic E-state index is 10.9. The topological polar surface area (TPSA) is 38.3 Å². The van der Waals surface area contributed by atoms with Crippen LogP contribution in [0, 0.1) is 0 Å². The van der Waals surface area contributed by atoms with Crippen LogP contribution < -0.4 is 5.32 Å². The minimum atomic E-state index is -0.295. The molecule has 3 nitrogen and oxygen atoms in total. The molecule has 0 spiro atoms. The van der Waals surface area contributed by atoms with Crippen LogP contribution in [0.3, 0.4) is 0 Å². The van der Waals surface area contributed by atoms with Gasteiger partial charge in [-0.2, -0.15) is 0 Å². The molecule has 1 aromatic rings. The fraction of sp³-hybridized carbons (Fsp3) is 0.222. The lowest BCUT2D eigenvalue weighted by Crippen LogP contribution is -2.15. The molecule has 0 radical (unpaired) electrons. The SMILES string of the molecule is COC(=O)CNc1cc(Br)ccc1Br. The van der Waals surface area contributed by atoms with E-state index >= 15 is 0 Å². The molecule has 0 aromatic heterocycles. The third-order valence-corrected chi connectivity index (χ3v) is 2.76. The minimum absolute atomic E-state index is 0.158. The van der Waals surface area contributed by atoms with Gasteiger partial charge in [-0.1, -0.05) is 15.9 Å². The van der Waals surface area contributed by atoms with Crippen LogP contribution in [0.2, 0.25) is 0 Å². The van der Waals surface area contributed by atoms with Gasteiger partial charge in [-0.15, -0.1) is 0 Å². The Bertz CT molecular complexity index is 342. The summed E-state index contributed by atoms with van der Waals surface area (Å²) in [6.07, 6.45) is 0. The summed E-state index contributed by atoms with van der Waals surface area (Å²) in [5.74, 6) is -0.295. The summed E-state index contributed by atoms with van der Waals surface area (Å²) < 4.78 is 6.37. The van der Waals surface area contributed by atoms with Gasteiger partial charge >= 0.3 is 5.97 Å². The van der Waals surface area contributed by atoms with Crippen LogP contribution in [0.4, 0.5) is 5.69 Å². The van der Waals surface area contributed by atoms with Gasteiger partial charge in [0.15, 0.2) is 0 Å². The van der Waals surface area contributed by atoms with Gasteiger partial charge in [0, 0.05) is 8.95 Å². The zero-order valence-electron chi connectivity index (χ0n) is 7.51. The number of halogens is 2. The third-order valence-electron chi connectivity index (χ3n) is 1.58. The molecule has 0 bridgehead atoms. The van der Waals surface area contributed by atoms with Crippen LogP contribution in [-0.2, 0) is 9.53 Å². The highest BCUT2D eigenvalue weighted by atomic mass is 79.9. The first-order valence-electron chi connectivity index (χ1n) is 3.89. The molecule has 0 unspecified atom stereocenters. The number of carbonyl (C=O) groups excluding carboxylic acids is 1. The predicted molar refractivity (Wildman–Crippen MR) is 62.3 cm³/mol. The maximum absolute atomic E-state index is 10.9. The number of anilines is 1. The van der Waals surface area contributed by atoms with Gasteiger partial charge < -0.3 is 10.1 Å². The van der Waals surface area contributed by atoms with E-state index in [0.717, 1.165) is 14.6 Å². The Morgan fingerprint density at radius 1 is 1.50 bits per heavy atom. The summed E-state index contributed by atoms with van der Waals surface area (Å²) in [7, 11) is 1.36. The first kappa shape index (κ1) is 11.5. The molecule has 0 aliphatic carbocycles. The van der Waals surface area contributed by atoms with Crippen molar-refractivity contribution in [3.05, 3.63) is 27.1 Å². The Morgan fingerprint density at radius 3 is 2.86 bits per heavy atom. The highest BCUT2D eigenvalue weighted by molar-refractivity contribution is 9.11. The van der Waals surface area contributed by atoms with E-state index in [1.54, 1.807) is 0 Å². The second-order valence-corrected chi connectivity index (χ2v) is 4.32. The molecule has 0 aliphatic rings. The number of ether oxygens (including phenoxy) is 1. The quantitative estimate of drug-likeness (QED) is 0.870. The Kier molecular flexibility index (Phi) is 4.41. The zero-order valence-corrected chi connectivity index (χ0v) is 10.7. The normalized spacial score (nSPS) is 9.64. The van der Waals surface area contributed by atoms with Crippen molar-refractivity contribution in [1.29, 1.82) is 0 Å². The average molecular weight is 323 g/mol. The number of methoxy groups -OCH3 is 1. The van der Waals surface area contributed by atoms with Crippen LogP contribution in [0.1, 0.15) is 0 Å². The standard InChI is InChI=1S/C9H9Br2NO2/c1-14-9(13)5-12-8-4-6(10)2-3-7(8)11/h2-4,12H,5H2,1H3. The third kappa shape index (κ3) is 3.31. The number of nitrogens with one attached hydrogen (secondary N) is 1. The molecule has 1 rings (SSSR count). The van der Waals surface area contributed by atoms with Crippen molar-refractivity contribution in [1.82, 2.24) is 0 Å². The second kappa shape index (κ2) is 5.36. The molecule has 0 heterocycles. The highest BCUT2D eigenvalue weighted by Crippen LogP contribution is 2.25. The first-order valence-corrected chi connectivity index (χ1v) is 5.48. The van der Waals surface area contributed by atoms with Gasteiger partial charge in [0.25, 0.3) is 0 Å². The van der Waals surface area contributed by atoms with E-state index in [2.05, 4.69) is 41.9 Å². The van der Waals surface area contributed by atoms with Crippen molar-refractivity contribution in [2.45, 2.75) is 0 Å². The van der Waals surface area contributed by atoms with Gasteiger partial charge in [-0.3, -0.25) is 4.79 Å². The van der Waals surface area contributed by atoms with E-state index in [1.807, 2.05) is 18.2 Å². The molecule has 0 fully saturated rings. The molecule has 0 saturated carbocycles. The van der Waals surface area contributed by atoms with Crippen LogP contribution in [0.25, 0.3) is 0 Å². The molecule has 76 valence electrons. The van der Waals surface area contributed by atoms with Crippen LogP contribution in [0.15, 0.2) is 27.1 Å². The molecule has 0 aliphatic heterocycles. The second-order valence-electron chi connectivity index (χ2n) is 2.55. The summed E-state index contributed by atoms with van der Waals surface area (Å²) in [6.45, 7) is 0.158. The van der Waals surface area contributed by atoms with Crippen LogP contribution in [0.5, 0.6) is 0 Å². The Labute approximate surface area is 99.1 Å². The highest BCUT2D eigenvalue weighted by Gasteiger charge is 2.03. The van der Waals surface area contributed by atoms with Gasteiger partial charge in [0.05, 0.1) is 12.8 Å². The summed E-state index contributed by atoms with van der Waals surface area (Å²) in [5, 5.41) is 2.95. The van der Waals surface area contributed by atoms with Crippen molar-refractivity contribution in [2.75, 3.05) is 19.0 Å². The van der Waals surface area contributed by atoms with Crippen molar-refractivity contribution < 1.29 is 9.53 Å². The van der Waals surface area contributed by atoms with E-state index < -0.39 is 0 Å². The van der Waals surface area contributed by atoms with Crippen molar-refractivity contribution in [2.24, 2.45) is 0 Å². The van der Waals surface area contributed by atoms with Gasteiger partial charge in [0.1, 0.15) is 6.54 Å². The number of esters is 1. The van der Waals surface area contributed by atoms with Gasteiger partial charge in [-0.25, -0.2) is 0 Å². The molecule has 0 saturated heterocycles. The summed E-state index contributed by atoms with van der Waals surface area (Å²) in [4.78, 5) is 10.9. The van der Waals surface area contributed by atoms with E-state index in [-0.39, 0.29) is 12.5 Å². The Balaban J connectivity index is 2.66. The van der Waals surface area contributed by atoms with Gasteiger partial charge in [-0.05, 0) is 34.1 Å². The summed E-state index contributed by atoms with van der Waals surface area (Å²) in [5.41, 5.74) is 0.852. The maximum Gasteiger partial charge on any atom is 0.325 e. The van der Waals surface area contributed by atoms with Crippen molar-refractivity contribution in [3.63, 3.8) is 0 Å². The average Bonchev–Trinajstić information content (AvgIpc) is 2.19. The Morgan fingerprint density at radius 2 is 2.21 bits per heavy atom. The van der Waals surface area contributed by atoms with E-state index in [4.69, 9.17) is 0 Å². The molecule has 1 N–H and O–H groups in total. The number of carbonyl (C=O) groups is 1. The number of hydrogen-bond donors (Lipinski definition) is 1. The molecule has 0 amide bonds. The molecular formula is C9H9Br2NO2. The fourth-order valence-corrected chi connectivity index (χ4v) is 1.62. The zero-order chi connectivity index (χ0) is 10.6. The summed E-state index contributed by atoms with van der Waals surface area (Å²) in [6, 6.07) is 5.68. The fourth-order valence-electron chi connectivity index (χ4n) is 0.873. The smallest absolute Gasteiger partial charge is 0.325 e. The molecular weight excluding hydrogens is 314 g/mol. The Hall–Kier alpha value is -0.550. The molecule has 5 heteroatoms. The lowest BCUT2D eigenvalue weighted by Gasteiger charge is -2.07. The number of benzene rings is 1. The summed E-state index contributed by atoms with van der Waals surface area (Å²) >= 11 is 6.71. The lowest BCUT2D eigenvalue weighted by molar-refractivity contribution is -0.138.